The van der Waals surface area contributed by atoms with Crippen molar-refractivity contribution < 1.29 is 13.6 Å². The van der Waals surface area contributed by atoms with Crippen LogP contribution in [0.2, 0.25) is 0 Å². The van der Waals surface area contributed by atoms with Crippen LogP contribution in [0.5, 0.6) is 0 Å². The lowest BCUT2D eigenvalue weighted by Gasteiger charge is -2.05. The molecule has 1 aliphatic carbocycles. The Bertz CT molecular complexity index is 620. The molecule has 3 rings (SSSR count). The zero-order chi connectivity index (χ0) is 13.6. The molecule has 1 aromatic heterocycles. The van der Waals surface area contributed by atoms with Crippen molar-refractivity contribution in [3.63, 3.8) is 0 Å². The van der Waals surface area contributed by atoms with Crippen LogP contribution >= 0.6 is 0 Å². The van der Waals surface area contributed by atoms with E-state index in [-0.39, 0.29) is 12.4 Å². The third kappa shape index (κ3) is 2.20. The number of alkyl halides is 1. The molecule has 1 saturated carbocycles. The number of carbonyl (C=O) groups excluding carboxylic acids is 1. The van der Waals surface area contributed by atoms with E-state index in [1.807, 2.05) is 0 Å². The molecular weight excluding hydrogens is 250 g/mol. The van der Waals surface area contributed by atoms with Gasteiger partial charge in [0.1, 0.15) is 5.82 Å². The largest absolute Gasteiger partial charge is 0.357 e. The molecule has 1 aliphatic rings. The first kappa shape index (κ1) is 12.1. The van der Waals surface area contributed by atoms with Crippen molar-refractivity contribution in [1.29, 1.82) is 0 Å². The second-order valence-electron chi connectivity index (χ2n) is 5.13. The highest BCUT2D eigenvalue weighted by atomic mass is 19.1. The lowest BCUT2D eigenvalue weighted by atomic mass is 10.2. The predicted octanol–water partition coefficient (Wildman–Crippen LogP) is 2.73. The van der Waals surface area contributed by atoms with Crippen LogP contribution in [0.4, 0.5) is 8.78 Å². The van der Waals surface area contributed by atoms with Gasteiger partial charge in [-0.3, -0.25) is 4.79 Å². The first-order valence-electron chi connectivity index (χ1n) is 6.23. The highest BCUT2D eigenvalue weighted by Crippen LogP contribution is 2.39. The van der Waals surface area contributed by atoms with Gasteiger partial charge in [0.2, 0.25) is 0 Å². The molecule has 0 radical (unpaired) electrons. The van der Waals surface area contributed by atoms with Gasteiger partial charge in [-0.2, -0.15) is 0 Å². The van der Waals surface area contributed by atoms with Crippen molar-refractivity contribution in [2.24, 2.45) is 0 Å². The molecule has 0 atom stereocenters. The molecule has 0 spiro atoms. The van der Waals surface area contributed by atoms with Crippen molar-refractivity contribution in [1.82, 2.24) is 10.3 Å². The van der Waals surface area contributed by atoms with Gasteiger partial charge in [0.15, 0.2) is 5.67 Å². The number of aromatic nitrogens is 1. The average molecular weight is 264 g/mol. The van der Waals surface area contributed by atoms with Gasteiger partial charge in [-0.05, 0) is 43.5 Å². The van der Waals surface area contributed by atoms with E-state index >= 15 is 0 Å². The molecule has 5 heteroatoms. The maximum atomic E-state index is 13.4. The first-order valence-corrected chi connectivity index (χ1v) is 6.23. The van der Waals surface area contributed by atoms with Gasteiger partial charge < -0.3 is 10.3 Å². The van der Waals surface area contributed by atoms with Crippen LogP contribution in [-0.2, 0) is 11.3 Å². The molecule has 0 aliphatic heterocycles. The number of nitrogens with one attached hydrogen (secondary N) is 2. The van der Waals surface area contributed by atoms with E-state index in [2.05, 4.69) is 10.3 Å². The number of amides is 1. The average Bonchev–Trinajstić information content (AvgIpc) is 2.99. The maximum Gasteiger partial charge on any atom is 0.257 e. The van der Waals surface area contributed by atoms with E-state index in [0.29, 0.717) is 18.4 Å². The fourth-order valence-electron chi connectivity index (χ4n) is 2.09. The van der Waals surface area contributed by atoms with E-state index in [0.717, 1.165) is 16.6 Å². The summed E-state index contributed by atoms with van der Waals surface area (Å²) in [6.45, 7) is 1.91. The summed E-state index contributed by atoms with van der Waals surface area (Å²) in [6.07, 6.45) is 0.603. The van der Waals surface area contributed by atoms with Gasteiger partial charge in [-0.1, -0.05) is 0 Å². The molecule has 1 heterocycles. The quantitative estimate of drug-likeness (QED) is 0.879. The van der Waals surface area contributed by atoms with Crippen molar-refractivity contribution >= 4 is 16.8 Å². The molecule has 19 heavy (non-hydrogen) atoms. The molecule has 1 amide bonds. The molecule has 0 unspecified atom stereocenters. The monoisotopic (exact) mass is 264 g/mol. The van der Waals surface area contributed by atoms with Gasteiger partial charge in [-0.25, -0.2) is 8.78 Å². The number of hydrogen-bond acceptors (Lipinski definition) is 1. The maximum absolute atomic E-state index is 13.4. The van der Waals surface area contributed by atoms with Crippen LogP contribution in [-0.4, -0.2) is 16.6 Å². The number of carbonyl (C=O) groups is 1. The number of aromatic amines is 1. The summed E-state index contributed by atoms with van der Waals surface area (Å²) in [5.74, 6) is -0.823. The predicted molar refractivity (Wildman–Crippen MR) is 67.9 cm³/mol. The summed E-state index contributed by atoms with van der Waals surface area (Å²) in [7, 11) is 0. The SMILES string of the molecule is Cc1cc2[nH]c(CNC(=O)C3(F)CC3)cc2cc1F. The first-order chi connectivity index (χ1) is 8.98. The fraction of sp³-hybridized carbons (Fsp3) is 0.357. The summed E-state index contributed by atoms with van der Waals surface area (Å²) in [4.78, 5) is 14.6. The van der Waals surface area contributed by atoms with Crippen LogP contribution in [0.15, 0.2) is 18.2 Å². The third-order valence-corrected chi connectivity index (χ3v) is 3.49. The van der Waals surface area contributed by atoms with E-state index < -0.39 is 11.6 Å². The van der Waals surface area contributed by atoms with Crippen LogP contribution in [0, 0.1) is 12.7 Å². The molecule has 0 bridgehead atoms. The van der Waals surface area contributed by atoms with Gasteiger partial charge >= 0.3 is 0 Å². The van der Waals surface area contributed by atoms with Gasteiger partial charge in [0.05, 0.1) is 6.54 Å². The Labute approximate surface area is 109 Å². The van der Waals surface area contributed by atoms with E-state index in [9.17, 15) is 13.6 Å². The van der Waals surface area contributed by atoms with Gasteiger partial charge in [0.25, 0.3) is 5.91 Å². The minimum atomic E-state index is -1.66. The number of H-pyrrole nitrogens is 1. The third-order valence-electron chi connectivity index (χ3n) is 3.49. The molecule has 0 saturated heterocycles. The highest BCUT2D eigenvalue weighted by molar-refractivity contribution is 5.88. The second kappa shape index (κ2) is 4.05. The molecule has 100 valence electrons. The molecule has 1 aromatic carbocycles. The zero-order valence-electron chi connectivity index (χ0n) is 10.5. The van der Waals surface area contributed by atoms with Crippen LogP contribution in [0.1, 0.15) is 24.1 Å². The Balaban J connectivity index is 1.76. The Kier molecular flexibility index (Phi) is 2.59. The Hall–Kier alpha value is -1.91. The summed E-state index contributed by atoms with van der Waals surface area (Å²) in [6, 6.07) is 4.92. The lowest BCUT2D eigenvalue weighted by molar-refractivity contribution is -0.127. The Morgan fingerprint density at radius 3 is 2.84 bits per heavy atom. The fourth-order valence-corrected chi connectivity index (χ4v) is 2.09. The molecule has 1 fully saturated rings. The molecule has 2 N–H and O–H groups in total. The van der Waals surface area contributed by atoms with Crippen LogP contribution in [0.25, 0.3) is 10.9 Å². The summed E-state index contributed by atoms with van der Waals surface area (Å²) in [5, 5.41) is 3.30. The van der Waals surface area contributed by atoms with Crippen LogP contribution in [0.3, 0.4) is 0 Å². The van der Waals surface area contributed by atoms with Gasteiger partial charge in [0, 0.05) is 16.6 Å². The van der Waals surface area contributed by atoms with Crippen molar-refractivity contribution in [2.75, 3.05) is 0 Å². The number of fused-ring (bicyclic) bond motifs is 1. The smallest absolute Gasteiger partial charge is 0.257 e. The molecular formula is C14H14F2N2O. The molecule has 2 aromatic rings. The summed E-state index contributed by atoms with van der Waals surface area (Å²) >= 11 is 0. The van der Waals surface area contributed by atoms with Crippen molar-refractivity contribution in [2.45, 2.75) is 32.0 Å². The minimum absolute atomic E-state index is 0.222. The Morgan fingerprint density at radius 2 is 2.16 bits per heavy atom. The molecule has 3 nitrogen and oxygen atoms in total. The Morgan fingerprint density at radius 1 is 1.42 bits per heavy atom. The highest BCUT2D eigenvalue weighted by Gasteiger charge is 2.50. The van der Waals surface area contributed by atoms with E-state index in [4.69, 9.17) is 0 Å². The number of benzene rings is 1. The number of halogens is 2. The van der Waals surface area contributed by atoms with E-state index in [1.54, 1.807) is 19.1 Å². The topological polar surface area (TPSA) is 44.9 Å². The number of hydrogen-bond donors (Lipinski definition) is 2. The second-order valence-corrected chi connectivity index (χ2v) is 5.13. The normalized spacial score (nSPS) is 16.6. The number of aryl methyl sites for hydroxylation is 1. The van der Waals surface area contributed by atoms with Crippen molar-refractivity contribution in [3.05, 3.63) is 35.3 Å². The van der Waals surface area contributed by atoms with Crippen molar-refractivity contribution in [3.8, 4) is 0 Å². The number of rotatable bonds is 3. The standard InChI is InChI=1S/C14H14F2N2O/c1-8-4-12-9(6-11(8)15)5-10(18-12)7-17-13(19)14(16)2-3-14/h4-6,18H,2-3,7H2,1H3,(H,17,19). The summed E-state index contributed by atoms with van der Waals surface area (Å²) < 4.78 is 26.8. The van der Waals surface area contributed by atoms with Crippen LogP contribution < -0.4 is 5.32 Å². The minimum Gasteiger partial charge on any atom is -0.357 e. The van der Waals surface area contributed by atoms with Gasteiger partial charge in [-0.15, -0.1) is 0 Å². The zero-order valence-corrected chi connectivity index (χ0v) is 10.5. The lowest BCUT2D eigenvalue weighted by Crippen LogP contribution is -2.32. The summed E-state index contributed by atoms with van der Waals surface area (Å²) in [5.41, 5.74) is 0.446. The van der Waals surface area contributed by atoms with E-state index in [1.165, 1.54) is 6.07 Å².